The van der Waals surface area contributed by atoms with Crippen LogP contribution in [0.4, 0.5) is 4.39 Å². The lowest BCUT2D eigenvalue weighted by molar-refractivity contribution is 0.189. The van der Waals surface area contributed by atoms with Gasteiger partial charge in [-0.15, -0.1) is 11.3 Å². The highest BCUT2D eigenvalue weighted by molar-refractivity contribution is 9.10. The molecule has 2 aromatic rings. The average molecular weight is 357 g/mol. The number of benzene rings is 1. The minimum absolute atomic E-state index is 0.0428. The first kappa shape index (κ1) is 15.6. The molecule has 20 heavy (non-hydrogen) atoms. The predicted molar refractivity (Wildman–Crippen MR) is 86.4 cm³/mol. The Morgan fingerprint density at radius 2 is 2.05 bits per heavy atom. The molecule has 2 nitrogen and oxygen atoms in total. The summed E-state index contributed by atoms with van der Waals surface area (Å²) < 4.78 is 15.0. The van der Waals surface area contributed by atoms with Crippen molar-refractivity contribution in [3.63, 3.8) is 0 Å². The first-order valence-electron chi connectivity index (χ1n) is 6.45. The molecule has 0 fully saturated rings. The molecule has 0 bridgehead atoms. The number of hydrogen-bond donors (Lipinski definition) is 1. The molecule has 0 aliphatic carbocycles. The first-order valence-corrected chi connectivity index (χ1v) is 8.12. The zero-order chi connectivity index (χ0) is 14.7. The highest BCUT2D eigenvalue weighted by Crippen LogP contribution is 2.35. The molecule has 2 N–H and O–H groups in total. The molecule has 0 saturated heterocycles. The molecule has 0 saturated carbocycles. The van der Waals surface area contributed by atoms with Crippen molar-refractivity contribution in [2.75, 3.05) is 13.6 Å². The van der Waals surface area contributed by atoms with Gasteiger partial charge >= 0.3 is 0 Å². The van der Waals surface area contributed by atoms with Crippen LogP contribution in [0.1, 0.15) is 29.4 Å². The Kier molecular flexibility index (Phi) is 5.32. The van der Waals surface area contributed by atoms with Crippen LogP contribution < -0.4 is 5.73 Å². The summed E-state index contributed by atoms with van der Waals surface area (Å²) in [4.78, 5) is 3.30. The zero-order valence-electron chi connectivity index (χ0n) is 11.5. The fraction of sp³-hybridized carbons (Fsp3) is 0.333. The molecule has 0 aliphatic heterocycles. The summed E-state index contributed by atoms with van der Waals surface area (Å²) in [5.41, 5.74) is 6.63. The second-order valence-electron chi connectivity index (χ2n) is 4.75. The number of halogens is 2. The summed E-state index contributed by atoms with van der Waals surface area (Å²) >= 11 is 5.22. The third-order valence-corrected chi connectivity index (χ3v) is 5.60. The van der Waals surface area contributed by atoms with Crippen LogP contribution in [0.2, 0.25) is 0 Å². The van der Waals surface area contributed by atoms with Gasteiger partial charge in [0, 0.05) is 27.5 Å². The van der Waals surface area contributed by atoms with Gasteiger partial charge < -0.3 is 5.73 Å². The van der Waals surface area contributed by atoms with Gasteiger partial charge in [0.05, 0.1) is 6.04 Å². The first-order chi connectivity index (χ1) is 9.56. The molecule has 2 unspecified atom stereocenters. The van der Waals surface area contributed by atoms with E-state index in [2.05, 4.69) is 20.8 Å². The minimum atomic E-state index is -0.173. The molecule has 1 aromatic heterocycles. The Balaban J connectivity index is 2.27. The Bertz CT molecular complexity index is 573. The van der Waals surface area contributed by atoms with Crippen LogP contribution in [0, 0.1) is 5.82 Å². The third-order valence-electron chi connectivity index (χ3n) is 3.63. The monoisotopic (exact) mass is 356 g/mol. The summed E-state index contributed by atoms with van der Waals surface area (Å²) in [5.74, 6) is -0.173. The van der Waals surface area contributed by atoms with Gasteiger partial charge in [0.15, 0.2) is 0 Å². The van der Waals surface area contributed by atoms with E-state index in [4.69, 9.17) is 5.73 Å². The molecule has 0 amide bonds. The Hall–Kier alpha value is -0.750. The number of nitrogens with zero attached hydrogens (tertiary/aromatic N) is 1. The van der Waals surface area contributed by atoms with Crippen molar-refractivity contribution >= 4 is 27.3 Å². The maximum atomic E-state index is 13.9. The molecule has 0 radical (unpaired) electrons. The molecule has 0 spiro atoms. The van der Waals surface area contributed by atoms with Crippen molar-refractivity contribution < 1.29 is 4.39 Å². The molecule has 2 rings (SSSR count). The van der Waals surface area contributed by atoms with Crippen LogP contribution in [0.15, 0.2) is 40.2 Å². The van der Waals surface area contributed by atoms with Crippen LogP contribution in [-0.2, 0) is 0 Å². The second-order valence-corrected chi connectivity index (χ2v) is 6.55. The number of hydrogen-bond acceptors (Lipinski definition) is 3. The average Bonchev–Trinajstić information content (AvgIpc) is 2.86. The zero-order valence-corrected chi connectivity index (χ0v) is 13.9. The van der Waals surface area contributed by atoms with Gasteiger partial charge in [-0.05, 0) is 47.4 Å². The largest absolute Gasteiger partial charge is 0.329 e. The fourth-order valence-electron chi connectivity index (χ4n) is 2.30. The lowest BCUT2D eigenvalue weighted by Crippen LogP contribution is -2.32. The molecule has 108 valence electrons. The van der Waals surface area contributed by atoms with Gasteiger partial charge in [0.2, 0.25) is 0 Å². The Labute approximate surface area is 131 Å². The van der Waals surface area contributed by atoms with Crippen LogP contribution in [0.5, 0.6) is 0 Å². The van der Waals surface area contributed by atoms with E-state index in [1.807, 2.05) is 37.6 Å². The number of likely N-dealkylation sites (N-methyl/N-ethyl adjacent to an activating group) is 1. The molecule has 1 aromatic carbocycles. The predicted octanol–water partition coefficient (Wildman–Crippen LogP) is 4.34. The third kappa shape index (κ3) is 3.11. The topological polar surface area (TPSA) is 29.3 Å². The SMILES string of the molecule is CC(c1ccccc1F)N(C)C(CN)c1sccc1Br. The van der Waals surface area contributed by atoms with Crippen LogP contribution in [0.25, 0.3) is 0 Å². The van der Waals surface area contributed by atoms with Crippen molar-refractivity contribution in [2.24, 2.45) is 5.73 Å². The van der Waals surface area contributed by atoms with Crippen molar-refractivity contribution in [1.29, 1.82) is 0 Å². The smallest absolute Gasteiger partial charge is 0.127 e. The van der Waals surface area contributed by atoms with Crippen molar-refractivity contribution in [1.82, 2.24) is 4.90 Å². The van der Waals surface area contributed by atoms with Gasteiger partial charge in [-0.3, -0.25) is 4.90 Å². The van der Waals surface area contributed by atoms with Gasteiger partial charge in [-0.25, -0.2) is 4.39 Å². The van der Waals surface area contributed by atoms with E-state index < -0.39 is 0 Å². The highest BCUT2D eigenvalue weighted by atomic mass is 79.9. The van der Waals surface area contributed by atoms with Crippen molar-refractivity contribution in [3.8, 4) is 0 Å². The number of rotatable bonds is 5. The quantitative estimate of drug-likeness (QED) is 0.862. The standard InChI is InChI=1S/C15H18BrFN2S/c1-10(11-5-3-4-6-13(11)17)19(2)14(9-18)15-12(16)7-8-20-15/h3-8,10,14H,9,18H2,1-2H3. The molecule has 2 atom stereocenters. The number of thiophene rings is 1. The van der Waals surface area contributed by atoms with Crippen LogP contribution >= 0.6 is 27.3 Å². The lowest BCUT2D eigenvalue weighted by atomic mass is 10.0. The maximum absolute atomic E-state index is 13.9. The normalized spacial score (nSPS) is 14.5. The second kappa shape index (κ2) is 6.80. The summed E-state index contributed by atoms with van der Waals surface area (Å²) in [7, 11) is 1.99. The van der Waals surface area contributed by atoms with E-state index in [9.17, 15) is 4.39 Å². The highest BCUT2D eigenvalue weighted by Gasteiger charge is 2.25. The molecular formula is C15H18BrFN2S. The van der Waals surface area contributed by atoms with E-state index >= 15 is 0 Å². The molecule has 1 heterocycles. The van der Waals surface area contributed by atoms with E-state index in [-0.39, 0.29) is 17.9 Å². The van der Waals surface area contributed by atoms with Gasteiger partial charge in [-0.1, -0.05) is 18.2 Å². The summed E-state index contributed by atoms with van der Waals surface area (Å²) in [6.07, 6.45) is 0. The lowest BCUT2D eigenvalue weighted by Gasteiger charge is -2.32. The maximum Gasteiger partial charge on any atom is 0.127 e. The minimum Gasteiger partial charge on any atom is -0.329 e. The van der Waals surface area contributed by atoms with Crippen molar-refractivity contribution in [3.05, 3.63) is 56.4 Å². The van der Waals surface area contributed by atoms with Crippen LogP contribution in [0.3, 0.4) is 0 Å². The van der Waals surface area contributed by atoms with Gasteiger partial charge in [0.25, 0.3) is 0 Å². The van der Waals surface area contributed by atoms with Crippen LogP contribution in [-0.4, -0.2) is 18.5 Å². The van der Waals surface area contributed by atoms with E-state index in [1.165, 1.54) is 10.9 Å². The van der Waals surface area contributed by atoms with E-state index in [1.54, 1.807) is 17.4 Å². The summed E-state index contributed by atoms with van der Waals surface area (Å²) in [5, 5.41) is 2.03. The summed E-state index contributed by atoms with van der Waals surface area (Å²) in [6.45, 7) is 2.50. The molecule has 0 aliphatic rings. The molecule has 5 heteroatoms. The molecular weight excluding hydrogens is 339 g/mol. The summed E-state index contributed by atoms with van der Waals surface area (Å²) in [6, 6.07) is 8.94. The van der Waals surface area contributed by atoms with E-state index in [0.29, 0.717) is 12.1 Å². The van der Waals surface area contributed by atoms with E-state index in [0.717, 1.165) is 4.47 Å². The van der Waals surface area contributed by atoms with Crippen molar-refractivity contribution in [2.45, 2.75) is 19.0 Å². The van der Waals surface area contributed by atoms with Gasteiger partial charge in [0.1, 0.15) is 5.82 Å². The fourth-order valence-corrected chi connectivity index (χ4v) is 4.11. The number of nitrogens with two attached hydrogens (primary N) is 1. The Morgan fingerprint density at radius 3 is 2.60 bits per heavy atom. The van der Waals surface area contributed by atoms with Gasteiger partial charge in [-0.2, -0.15) is 0 Å². The Morgan fingerprint density at radius 1 is 1.35 bits per heavy atom.